The minimum absolute atomic E-state index is 0. The molecule has 3 N–H and O–H groups in total. The molecular formula is C84H89B2Br2ClN8O15S4. The van der Waals surface area contributed by atoms with Crippen molar-refractivity contribution in [3.05, 3.63) is 219 Å². The van der Waals surface area contributed by atoms with E-state index in [1.807, 2.05) is 156 Å². The zero-order valence-electron chi connectivity index (χ0n) is 65.5. The molecule has 1 fully saturated rings. The van der Waals surface area contributed by atoms with Crippen LogP contribution >= 0.6 is 89.6 Å². The summed E-state index contributed by atoms with van der Waals surface area (Å²) in [5.41, 5.74) is 17.4. The molecule has 0 radical (unpaired) electrons. The van der Waals surface area contributed by atoms with Gasteiger partial charge in [0.05, 0.1) is 53.3 Å². The van der Waals surface area contributed by atoms with Crippen molar-refractivity contribution >= 4 is 172 Å². The fourth-order valence-electron chi connectivity index (χ4n) is 11.7. The predicted octanol–water partition coefficient (Wildman–Crippen LogP) is 20.8. The molecule has 8 heterocycles. The van der Waals surface area contributed by atoms with Crippen LogP contribution in [0.1, 0.15) is 160 Å². The Morgan fingerprint density at radius 3 is 1.10 bits per heavy atom. The van der Waals surface area contributed by atoms with Crippen LogP contribution in [0.15, 0.2) is 150 Å². The molecule has 116 heavy (non-hydrogen) atoms. The highest BCUT2D eigenvalue weighted by Gasteiger charge is 2.52. The number of aryl methyl sites for hydroxylation is 10. The number of furan rings is 3. The average Bonchev–Trinajstić information content (AvgIpc) is 1.64. The van der Waals surface area contributed by atoms with E-state index < -0.39 is 20.2 Å². The summed E-state index contributed by atoms with van der Waals surface area (Å²) in [6.07, 6.45) is 0. The Labute approximate surface area is 712 Å². The predicted molar refractivity (Wildman–Crippen MR) is 471 cm³/mol. The maximum atomic E-state index is 12.0. The third-order valence-electron chi connectivity index (χ3n) is 18.6. The van der Waals surface area contributed by atoms with Crippen LogP contribution in [0.2, 0.25) is 4.47 Å². The van der Waals surface area contributed by atoms with E-state index in [9.17, 15) is 19.2 Å². The Morgan fingerprint density at radius 1 is 0.440 bits per heavy atom. The van der Waals surface area contributed by atoms with E-state index in [0.717, 1.165) is 132 Å². The van der Waals surface area contributed by atoms with Crippen LogP contribution in [0.4, 0.5) is 0 Å². The van der Waals surface area contributed by atoms with Gasteiger partial charge in [-0.15, -0.1) is 0 Å². The molecule has 7 aromatic heterocycles. The van der Waals surface area contributed by atoms with E-state index in [1.54, 1.807) is 64.1 Å². The van der Waals surface area contributed by atoms with Crippen LogP contribution in [0.3, 0.4) is 0 Å². The average molecular weight is 1800 g/mol. The maximum absolute atomic E-state index is 12.0. The van der Waals surface area contributed by atoms with E-state index in [4.69, 9.17) is 63.5 Å². The zero-order valence-corrected chi connectivity index (χ0v) is 72.7. The summed E-state index contributed by atoms with van der Waals surface area (Å²) in [6.45, 7) is 34.1. The SMILES string of the molecule is C.C.CCOC(=O)c1ccc(-c2nc(-c3cc4c(C)ccc(C)c4o3)ns2)cc1C.CCOC(=O)c1ccc(-c2nc(Br)ns2)cc1C.CCOC(=O)c1ccc(B2OC(C)(C)C(C)(C)O2)cc1C.Cc1cc(-c2nc(-c3cc4c(C)ccc(C)c4o3)ns2)ccc1C(=O)O.Cc1ccc(C)c2oc(B(O)O)cc12.Clc1nc(Br)ns1. The van der Waals surface area contributed by atoms with Gasteiger partial charge in [-0.3, -0.25) is 0 Å². The molecule has 0 saturated carbocycles. The first kappa shape index (κ1) is 92.0. The highest BCUT2D eigenvalue weighted by atomic mass is 79.9. The molecule has 1 aliphatic heterocycles. The highest BCUT2D eigenvalue weighted by molar-refractivity contribution is 9.10. The van der Waals surface area contributed by atoms with Gasteiger partial charge in [0, 0.05) is 32.8 Å². The minimum Gasteiger partial charge on any atom is -0.478 e. The van der Waals surface area contributed by atoms with Gasteiger partial charge in [-0.25, -0.2) is 34.1 Å². The first-order valence-corrected chi connectivity index (χ1v) is 40.9. The zero-order chi connectivity index (χ0) is 82.8. The smallest absolute Gasteiger partial charge is 0.478 e. The second-order valence-electron chi connectivity index (χ2n) is 27.3. The lowest BCUT2D eigenvalue weighted by Gasteiger charge is -2.32. The number of esters is 3. The van der Waals surface area contributed by atoms with Crippen molar-refractivity contribution in [1.82, 2.24) is 37.4 Å². The molecular weight excluding hydrogens is 1710 g/mol. The summed E-state index contributed by atoms with van der Waals surface area (Å²) in [6, 6.07) is 39.7. The standard InChI is InChI=1S/C22H20N2O3S.C20H16N2O3S.C16H23BO4.C12H11BrN2O2S.C10H11BO3.C2BrClN2S.2CH4/c1-5-26-22(25)16-9-8-15(10-14(16)4)21-23-20(24-28-21)18-11-17-12(2)6-7-13(3)19(17)27-18;1-10-4-5-11(2)17-15(10)9-16(25-17)18-21-19(26-22-18)13-6-7-14(20(23)24)12(3)8-13;1-7-19-14(18)13-9-8-12(10-11(13)2)17-20-15(3,4)16(5,6)21-17;1-3-17-11(16)9-5-4-8(6-7(9)2)10-14-12(13)15-18-10;1-6-3-4-7(2)10-8(6)5-9(14-10)11(12)13;3-1-5-2(4)7-6-1;;/h6-11H,5H2,1-4H3;4-9H,1-3H3,(H,23,24);8-10H,7H2,1-6H3;4-6H,3H2,1-2H3;3-5,12-13H,1-2H3;;2*1H4. The molecule has 0 spiro atoms. The van der Waals surface area contributed by atoms with Crippen LogP contribution in [0.5, 0.6) is 0 Å². The quantitative estimate of drug-likeness (QED) is 0.0517. The van der Waals surface area contributed by atoms with Gasteiger partial charge in [0.15, 0.2) is 11.5 Å². The van der Waals surface area contributed by atoms with Gasteiger partial charge in [0.2, 0.25) is 25.6 Å². The molecule has 1 saturated heterocycles. The van der Waals surface area contributed by atoms with Crippen LogP contribution in [0.25, 0.3) is 87.8 Å². The summed E-state index contributed by atoms with van der Waals surface area (Å²) >= 11 is 16.7. The number of rotatable bonds is 14. The Morgan fingerprint density at radius 2 is 0.784 bits per heavy atom. The van der Waals surface area contributed by atoms with Crippen molar-refractivity contribution in [2.75, 3.05) is 19.8 Å². The Hall–Kier alpha value is -9.50. The summed E-state index contributed by atoms with van der Waals surface area (Å²) in [7, 11) is -1.95. The molecule has 15 rings (SSSR count). The fourth-order valence-corrected chi connectivity index (χ4v) is 15.2. The third-order valence-corrected chi connectivity index (χ3v) is 22.8. The number of ether oxygens (including phenoxy) is 3. The summed E-state index contributed by atoms with van der Waals surface area (Å²) in [5, 5.41) is 32.5. The van der Waals surface area contributed by atoms with Crippen LogP contribution in [-0.4, -0.2) is 122 Å². The van der Waals surface area contributed by atoms with Crippen molar-refractivity contribution in [3.63, 3.8) is 0 Å². The third kappa shape index (κ3) is 22.0. The van der Waals surface area contributed by atoms with Crippen molar-refractivity contribution in [2.24, 2.45) is 0 Å². The fraction of sp³-hybridized carbons (Fsp3) is 0.286. The monoisotopic (exact) mass is 1790 g/mol. The number of hydrogen-bond acceptors (Lipinski definition) is 26. The van der Waals surface area contributed by atoms with Gasteiger partial charge in [-0.2, -0.15) is 22.5 Å². The molecule has 1 aliphatic rings. The molecule has 0 atom stereocenters. The van der Waals surface area contributed by atoms with Crippen molar-refractivity contribution in [2.45, 2.75) is 144 Å². The van der Waals surface area contributed by atoms with Gasteiger partial charge < -0.3 is 51.9 Å². The van der Waals surface area contributed by atoms with E-state index in [-0.39, 0.29) is 49.6 Å². The normalized spacial score (nSPS) is 12.2. The number of aromatic carboxylic acids is 1. The maximum Gasteiger partial charge on any atom is 0.526 e. The van der Waals surface area contributed by atoms with Crippen molar-refractivity contribution < 1.29 is 71.1 Å². The van der Waals surface area contributed by atoms with E-state index in [1.165, 1.54) is 34.6 Å². The summed E-state index contributed by atoms with van der Waals surface area (Å²) < 4.78 is 62.8. The molecule has 0 bridgehead atoms. The van der Waals surface area contributed by atoms with Crippen LogP contribution in [-0.2, 0) is 23.5 Å². The van der Waals surface area contributed by atoms with E-state index >= 15 is 0 Å². The molecule has 0 unspecified atom stereocenters. The Kier molecular flexibility index (Phi) is 31.8. The van der Waals surface area contributed by atoms with Gasteiger partial charge in [0.25, 0.3) is 0 Å². The van der Waals surface area contributed by atoms with Crippen LogP contribution < -0.4 is 11.1 Å². The second-order valence-corrected chi connectivity index (χ2v) is 32.3. The lowest BCUT2D eigenvalue weighted by Crippen LogP contribution is -2.41. The lowest BCUT2D eigenvalue weighted by molar-refractivity contribution is 0.00578. The number of carboxylic acid groups (broad SMARTS) is 1. The minimum atomic E-state index is -1.54. The Bertz CT molecular complexity index is 5700. The number of benzene rings is 7. The van der Waals surface area contributed by atoms with E-state index in [0.29, 0.717) is 84.7 Å². The molecule has 23 nitrogen and oxygen atoms in total. The summed E-state index contributed by atoms with van der Waals surface area (Å²) in [4.78, 5) is 63.8. The first-order valence-electron chi connectivity index (χ1n) is 35.8. The number of nitrogens with zero attached hydrogens (tertiary/aromatic N) is 8. The number of carbonyl (C=O) groups excluding carboxylic acids is 3. The molecule has 606 valence electrons. The number of carbonyl (C=O) groups is 4. The van der Waals surface area contributed by atoms with Crippen molar-refractivity contribution in [3.8, 4) is 54.9 Å². The lowest BCUT2D eigenvalue weighted by atomic mass is 9.78. The number of aromatic nitrogens is 8. The molecule has 0 amide bonds. The summed E-state index contributed by atoms with van der Waals surface area (Å²) in [5.74, 6) is 0.587. The van der Waals surface area contributed by atoms with Gasteiger partial charge in [-0.05, 0) is 329 Å². The van der Waals surface area contributed by atoms with Gasteiger partial charge in [0.1, 0.15) is 37.4 Å². The highest BCUT2D eigenvalue weighted by Crippen LogP contribution is 2.39. The number of halogens is 3. The second kappa shape index (κ2) is 40.1. The Balaban J connectivity index is 0.000000179. The molecule has 0 aliphatic carbocycles. The van der Waals surface area contributed by atoms with Gasteiger partial charge >= 0.3 is 38.1 Å². The van der Waals surface area contributed by atoms with Crippen molar-refractivity contribution in [1.29, 1.82) is 0 Å². The number of fused-ring (bicyclic) bond motifs is 3. The topological polar surface area (TPSA) is 318 Å². The number of hydrogen-bond donors (Lipinski definition) is 3. The van der Waals surface area contributed by atoms with E-state index in [2.05, 4.69) is 94.4 Å². The largest absolute Gasteiger partial charge is 0.526 e. The van der Waals surface area contributed by atoms with Gasteiger partial charge in [-0.1, -0.05) is 81.6 Å². The first-order chi connectivity index (χ1) is 54.1. The number of carboxylic acids is 1. The van der Waals surface area contributed by atoms with Crippen LogP contribution in [0, 0.1) is 69.2 Å². The molecule has 32 heteroatoms. The molecule has 14 aromatic rings. The molecule has 7 aromatic carbocycles.